The minimum Gasteiger partial charge on any atom is -0.490 e. The molecule has 0 aromatic heterocycles. The van der Waals surface area contributed by atoms with Gasteiger partial charge in [0, 0.05) is 0 Å². The third kappa shape index (κ3) is 3.72. The Balaban J connectivity index is 3.50. The largest absolute Gasteiger partial charge is 0.490 e. The van der Waals surface area contributed by atoms with Crippen LogP contribution >= 0.6 is 0 Å². The summed E-state index contributed by atoms with van der Waals surface area (Å²) in [5, 5.41) is 9.23. The van der Waals surface area contributed by atoms with E-state index >= 15 is 0 Å². The predicted octanol–water partition coefficient (Wildman–Crippen LogP) is 4.42. The summed E-state index contributed by atoms with van der Waals surface area (Å²) >= 11 is 0. The molecule has 1 aromatic carbocycles. The van der Waals surface area contributed by atoms with E-state index in [-0.39, 0.29) is 17.9 Å². The Morgan fingerprint density at radius 1 is 1.00 bits per heavy atom. The van der Waals surface area contributed by atoms with Gasteiger partial charge >= 0.3 is 5.97 Å². The maximum absolute atomic E-state index is 11.2. The predicted molar refractivity (Wildman–Crippen MR) is 77.3 cm³/mol. The van der Waals surface area contributed by atoms with Gasteiger partial charge in [-0.25, -0.2) is 4.79 Å². The van der Waals surface area contributed by atoms with Crippen molar-refractivity contribution in [2.75, 3.05) is 0 Å². The second-order valence-corrected chi connectivity index (χ2v) is 5.76. The van der Waals surface area contributed by atoms with E-state index in [1.54, 1.807) is 12.1 Å². The molecule has 0 radical (unpaired) electrons. The third-order valence-corrected chi connectivity index (χ3v) is 2.99. The summed E-state index contributed by atoms with van der Waals surface area (Å²) in [5.74, 6) is 0.418. The second kappa shape index (κ2) is 6.09. The molecule has 3 nitrogen and oxygen atoms in total. The summed E-state index contributed by atoms with van der Waals surface area (Å²) in [6, 6.07) is 3.47. The highest BCUT2D eigenvalue weighted by Gasteiger charge is 2.20. The van der Waals surface area contributed by atoms with Gasteiger partial charge in [0.1, 0.15) is 5.75 Å². The van der Waals surface area contributed by atoms with Crippen LogP contribution in [0.3, 0.4) is 0 Å². The maximum atomic E-state index is 11.2. The van der Waals surface area contributed by atoms with E-state index in [1.807, 2.05) is 13.8 Å². The van der Waals surface area contributed by atoms with E-state index in [2.05, 4.69) is 27.7 Å². The zero-order valence-electron chi connectivity index (χ0n) is 12.7. The fourth-order valence-corrected chi connectivity index (χ4v) is 2.03. The highest BCUT2D eigenvalue weighted by Crippen LogP contribution is 2.36. The van der Waals surface area contributed by atoms with Crippen LogP contribution in [-0.2, 0) is 0 Å². The van der Waals surface area contributed by atoms with Crippen molar-refractivity contribution in [2.45, 2.75) is 59.5 Å². The molecule has 0 spiro atoms. The summed E-state index contributed by atoms with van der Waals surface area (Å²) < 4.78 is 5.94. The molecule has 0 saturated carbocycles. The van der Waals surface area contributed by atoms with Crippen LogP contribution in [0.2, 0.25) is 0 Å². The zero-order chi connectivity index (χ0) is 14.7. The zero-order valence-corrected chi connectivity index (χ0v) is 12.7. The number of hydrogen-bond acceptors (Lipinski definition) is 2. The Labute approximate surface area is 115 Å². The Hall–Kier alpha value is -1.51. The topological polar surface area (TPSA) is 46.5 Å². The summed E-state index contributed by atoms with van der Waals surface area (Å²) in [5.41, 5.74) is 2.28. The Bertz CT molecular complexity index is 430. The van der Waals surface area contributed by atoms with Crippen molar-refractivity contribution in [3.05, 3.63) is 28.8 Å². The van der Waals surface area contributed by atoms with Gasteiger partial charge in [-0.1, -0.05) is 27.7 Å². The Kier molecular flexibility index (Phi) is 4.98. The third-order valence-electron chi connectivity index (χ3n) is 2.99. The van der Waals surface area contributed by atoms with Crippen LogP contribution in [0.4, 0.5) is 0 Å². The van der Waals surface area contributed by atoms with E-state index in [1.165, 1.54) is 0 Å². The molecule has 0 aliphatic rings. The number of carboxylic acid groups (broad SMARTS) is 1. The van der Waals surface area contributed by atoms with Crippen LogP contribution < -0.4 is 4.74 Å². The standard InChI is InChI=1S/C16H24O3/c1-9(2)13-7-12(16(17)18)8-14(10(3)4)15(13)19-11(5)6/h7-11H,1-6H3,(H,17,18). The Morgan fingerprint density at radius 2 is 1.42 bits per heavy atom. The number of hydrogen-bond donors (Lipinski definition) is 1. The van der Waals surface area contributed by atoms with E-state index in [0.717, 1.165) is 16.9 Å². The summed E-state index contributed by atoms with van der Waals surface area (Å²) in [4.78, 5) is 11.2. The fourth-order valence-electron chi connectivity index (χ4n) is 2.03. The van der Waals surface area contributed by atoms with Gasteiger partial charge in [-0.15, -0.1) is 0 Å². The highest BCUT2D eigenvalue weighted by atomic mass is 16.5. The molecule has 106 valence electrons. The molecule has 0 aliphatic heterocycles. The lowest BCUT2D eigenvalue weighted by Crippen LogP contribution is -2.12. The molecule has 0 atom stereocenters. The van der Waals surface area contributed by atoms with Crippen LogP contribution in [0, 0.1) is 0 Å². The van der Waals surface area contributed by atoms with Gasteiger partial charge in [-0.3, -0.25) is 0 Å². The smallest absolute Gasteiger partial charge is 0.335 e. The number of aromatic carboxylic acids is 1. The van der Waals surface area contributed by atoms with Crippen LogP contribution in [0.1, 0.15) is 74.9 Å². The van der Waals surface area contributed by atoms with Gasteiger partial charge in [0.2, 0.25) is 0 Å². The van der Waals surface area contributed by atoms with Crippen molar-refractivity contribution in [3.63, 3.8) is 0 Å². The molecule has 0 amide bonds. The number of benzene rings is 1. The molecule has 0 unspecified atom stereocenters. The summed E-state index contributed by atoms with van der Waals surface area (Å²) in [7, 11) is 0. The number of ether oxygens (including phenoxy) is 1. The second-order valence-electron chi connectivity index (χ2n) is 5.76. The van der Waals surface area contributed by atoms with Crippen molar-refractivity contribution in [1.82, 2.24) is 0 Å². The molecule has 3 heteroatoms. The van der Waals surface area contributed by atoms with Gasteiger partial charge in [-0.05, 0) is 48.9 Å². The van der Waals surface area contributed by atoms with Gasteiger partial charge in [0.25, 0.3) is 0 Å². The van der Waals surface area contributed by atoms with Gasteiger partial charge in [-0.2, -0.15) is 0 Å². The average Bonchev–Trinajstić information content (AvgIpc) is 2.27. The first-order valence-corrected chi connectivity index (χ1v) is 6.81. The lowest BCUT2D eigenvalue weighted by Gasteiger charge is -2.22. The molecule has 0 bridgehead atoms. The minimum atomic E-state index is -0.889. The van der Waals surface area contributed by atoms with Crippen LogP contribution in [0.25, 0.3) is 0 Å². The maximum Gasteiger partial charge on any atom is 0.335 e. The van der Waals surface area contributed by atoms with Crippen molar-refractivity contribution < 1.29 is 14.6 Å². The molecule has 0 heterocycles. The normalized spacial score (nSPS) is 11.4. The lowest BCUT2D eigenvalue weighted by atomic mass is 9.91. The first-order valence-electron chi connectivity index (χ1n) is 6.81. The van der Waals surface area contributed by atoms with Gasteiger partial charge in [0.15, 0.2) is 0 Å². The quantitative estimate of drug-likeness (QED) is 0.856. The Morgan fingerprint density at radius 3 is 1.68 bits per heavy atom. The SMILES string of the molecule is CC(C)Oc1c(C(C)C)cc(C(=O)O)cc1C(C)C. The average molecular weight is 264 g/mol. The summed E-state index contributed by atoms with van der Waals surface area (Å²) in [6.07, 6.45) is 0.0747. The first-order chi connectivity index (χ1) is 8.73. The molecular weight excluding hydrogens is 240 g/mol. The molecular formula is C16H24O3. The molecule has 0 saturated heterocycles. The minimum absolute atomic E-state index is 0.0747. The van der Waals surface area contributed by atoms with Gasteiger partial charge in [0.05, 0.1) is 11.7 Å². The van der Waals surface area contributed by atoms with E-state index in [4.69, 9.17) is 4.74 Å². The van der Waals surface area contributed by atoms with Crippen molar-refractivity contribution >= 4 is 5.97 Å². The molecule has 1 rings (SSSR count). The van der Waals surface area contributed by atoms with Crippen LogP contribution in [-0.4, -0.2) is 17.2 Å². The lowest BCUT2D eigenvalue weighted by molar-refractivity contribution is 0.0696. The first kappa shape index (κ1) is 15.5. The number of rotatable bonds is 5. The van der Waals surface area contributed by atoms with Gasteiger partial charge < -0.3 is 9.84 Å². The molecule has 0 fully saturated rings. The number of carboxylic acids is 1. The molecule has 19 heavy (non-hydrogen) atoms. The molecule has 0 aliphatic carbocycles. The van der Waals surface area contributed by atoms with Crippen molar-refractivity contribution in [2.24, 2.45) is 0 Å². The van der Waals surface area contributed by atoms with E-state index < -0.39 is 5.97 Å². The molecule has 1 N–H and O–H groups in total. The van der Waals surface area contributed by atoms with Crippen LogP contribution in [0.5, 0.6) is 5.75 Å². The van der Waals surface area contributed by atoms with Crippen molar-refractivity contribution in [1.29, 1.82) is 0 Å². The van der Waals surface area contributed by atoms with E-state index in [9.17, 15) is 9.90 Å². The fraction of sp³-hybridized carbons (Fsp3) is 0.562. The van der Waals surface area contributed by atoms with E-state index in [0.29, 0.717) is 5.56 Å². The molecule has 1 aromatic rings. The highest BCUT2D eigenvalue weighted by molar-refractivity contribution is 5.88. The van der Waals surface area contributed by atoms with Crippen LogP contribution in [0.15, 0.2) is 12.1 Å². The summed E-state index contributed by atoms with van der Waals surface area (Å²) in [6.45, 7) is 12.2. The number of carbonyl (C=O) groups is 1. The monoisotopic (exact) mass is 264 g/mol. The van der Waals surface area contributed by atoms with Crippen molar-refractivity contribution in [3.8, 4) is 5.75 Å².